The van der Waals surface area contributed by atoms with Gasteiger partial charge in [-0.2, -0.15) is 5.10 Å². The van der Waals surface area contributed by atoms with Crippen molar-refractivity contribution in [3.8, 4) is 5.88 Å². The summed E-state index contributed by atoms with van der Waals surface area (Å²) in [6.07, 6.45) is 1.53. The van der Waals surface area contributed by atoms with Crippen LogP contribution in [0.2, 0.25) is 0 Å². The fourth-order valence-corrected chi connectivity index (χ4v) is 3.87. The molecule has 0 aliphatic carbocycles. The van der Waals surface area contributed by atoms with Gasteiger partial charge in [0.2, 0.25) is 5.88 Å². The molecule has 8 nitrogen and oxygen atoms in total. The van der Waals surface area contributed by atoms with E-state index >= 15 is 0 Å². The van der Waals surface area contributed by atoms with Gasteiger partial charge in [-0.05, 0) is 49.1 Å². The number of aryl methyl sites for hydroxylation is 1. The molecule has 3 aromatic rings. The Balaban J connectivity index is 1.87. The second kappa shape index (κ2) is 9.43. The van der Waals surface area contributed by atoms with Crippen molar-refractivity contribution >= 4 is 23.3 Å². The Hall–Kier alpha value is -4.07. The van der Waals surface area contributed by atoms with Crippen LogP contribution in [-0.4, -0.2) is 38.6 Å². The maximum absolute atomic E-state index is 13.2. The Labute approximate surface area is 197 Å². The predicted molar refractivity (Wildman–Crippen MR) is 127 cm³/mol. The van der Waals surface area contributed by atoms with Gasteiger partial charge in [-0.15, -0.1) is 5.10 Å². The van der Waals surface area contributed by atoms with Crippen molar-refractivity contribution in [3.63, 3.8) is 0 Å². The number of aliphatic hydroxyl groups is 1. The number of aromatic nitrogens is 3. The summed E-state index contributed by atoms with van der Waals surface area (Å²) in [5, 5.41) is 19.4. The lowest BCUT2D eigenvalue weighted by atomic mass is 9.95. The quantitative estimate of drug-likeness (QED) is 0.333. The molecule has 4 rings (SSSR count). The molecule has 0 spiro atoms. The van der Waals surface area contributed by atoms with Crippen molar-refractivity contribution in [3.05, 3.63) is 82.7 Å². The van der Waals surface area contributed by atoms with E-state index in [0.717, 1.165) is 5.56 Å². The summed E-state index contributed by atoms with van der Waals surface area (Å²) in [5.41, 5.74) is 2.71. The van der Waals surface area contributed by atoms with Crippen LogP contribution in [0.4, 0.5) is 5.82 Å². The van der Waals surface area contributed by atoms with Crippen LogP contribution >= 0.6 is 0 Å². The maximum Gasteiger partial charge on any atom is 0.301 e. The molecule has 3 heterocycles. The number of amides is 1. The highest BCUT2D eigenvalue weighted by molar-refractivity contribution is 6.51. The topological polar surface area (TPSA) is 106 Å². The number of anilines is 1. The minimum absolute atomic E-state index is 0.0318. The first-order chi connectivity index (χ1) is 16.3. The molecule has 34 heavy (non-hydrogen) atoms. The van der Waals surface area contributed by atoms with E-state index in [4.69, 9.17) is 4.74 Å². The normalized spacial score (nSPS) is 17.4. The summed E-state index contributed by atoms with van der Waals surface area (Å²) in [7, 11) is 0. The van der Waals surface area contributed by atoms with Crippen LogP contribution in [0.15, 0.2) is 60.3 Å². The summed E-state index contributed by atoms with van der Waals surface area (Å²) < 4.78 is 5.42. The monoisotopic (exact) mass is 458 g/mol. The van der Waals surface area contributed by atoms with Crippen molar-refractivity contribution in [1.82, 2.24) is 15.2 Å². The molecule has 1 aliphatic rings. The van der Waals surface area contributed by atoms with Gasteiger partial charge >= 0.3 is 5.91 Å². The molecule has 0 unspecified atom stereocenters. The minimum atomic E-state index is -0.926. The van der Waals surface area contributed by atoms with E-state index in [-0.39, 0.29) is 17.2 Å². The lowest BCUT2D eigenvalue weighted by molar-refractivity contribution is -0.132. The fourth-order valence-electron chi connectivity index (χ4n) is 3.87. The van der Waals surface area contributed by atoms with Gasteiger partial charge in [-0.1, -0.05) is 38.1 Å². The largest absolute Gasteiger partial charge is 0.507 e. The zero-order valence-electron chi connectivity index (χ0n) is 19.5. The molecular weight excluding hydrogens is 432 g/mol. The first-order valence-corrected chi connectivity index (χ1v) is 11.1. The van der Waals surface area contributed by atoms with E-state index in [1.807, 2.05) is 19.1 Å². The molecule has 174 valence electrons. The Kier molecular flexibility index (Phi) is 6.40. The molecule has 1 atom stereocenters. The molecule has 1 saturated heterocycles. The smallest absolute Gasteiger partial charge is 0.301 e. The van der Waals surface area contributed by atoms with E-state index in [1.165, 1.54) is 11.1 Å². The number of aliphatic hydroxyl groups excluding tert-OH is 1. The van der Waals surface area contributed by atoms with Gasteiger partial charge in [0.25, 0.3) is 5.78 Å². The molecule has 1 amide bonds. The lowest BCUT2D eigenvalue weighted by Gasteiger charge is -2.24. The average molecular weight is 459 g/mol. The molecule has 8 heteroatoms. The summed E-state index contributed by atoms with van der Waals surface area (Å²) in [6.45, 7) is 8.23. The van der Waals surface area contributed by atoms with Crippen LogP contribution in [0, 0.1) is 6.92 Å². The Morgan fingerprint density at radius 2 is 1.79 bits per heavy atom. The molecular formula is C26H26N4O4. The fraction of sp³-hybridized carbons (Fsp3) is 0.269. The Morgan fingerprint density at radius 1 is 1.06 bits per heavy atom. The van der Waals surface area contributed by atoms with Crippen molar-refractivity contribution in [1.29, 1.82) is 0 Å². The summed E-state index contributed by atoms with van der Waals surface area (Å²) >= 11 is 0. The number of hydrogen-bond donors (Lipinski definition) is 1. The lowest BCUT2D eigenvalue weighted by Crippen LogP contribution is -2.30. The van der Waals surface area contributed by atoms with Crippen molar-refractivity contribution in [2.24, 2.45) is 0 Å². The third kappa shape index (κ3) is 4.26. The standard InChI is InChI=1S/C26H26N4O4/c1-5-34-21-13-11-19(14-27-21)23-22(24(31)18-9-7-17(8-10-18)15(2)3)25(32)26(33)30(23)20-12-6-16(4)28-29-20/h6-15,23,31H,5H2,1-4H3/t23-/m0/s1. The second-order valence-electron chi connectivity index (χ2n) is 8.34. The van der Waals surface area contributed by atoms with E-state index in [1.54, 1.807) is 43.3 Å². The predicted octanol–water partition coefficient (Wildman–Crippen LogP) is 4.33. The van der Waals surface area contributed by atoms with Crippen molar-refractivity contribution in [2.45, 2.75) is 39.7 Å². The minimum Gasteiger partial charge on any atom is -0.507 e. The van der Waals surface area contributed by atoms with Gasteiger partial charge in [0.15, 0.2) is 5.82 Å². The average Bonchev–Trinajstić information content (AvgIpc) is 3.10. The third-order valence-electron chi connectivity index (χ3n) is 5.69. The van der Waals surface area contributed by atoms with Crippen molar-refractivity contribution < 1.29 is 19.4 Å². The number of ketones is 1. The van der Waals surface area contributed by atoms with E-state index in [0.29, 0.717) is 35.2 Å². The zero-order valence-corrected chi connectivity index (χ0v) is 19.5. The van der Waals surface area contributed by atoms with Gasteiger partial charge < -0.3 is 9.84 Å². The molecule has 0 saturated carbocycles. The number of carbonyl (C=O) groups excluding carboxylic acids is 2. The van der Waals surface area contributed by atoms with Gasteiger partial charge in [0.05, 0.1) is 23.9 Å². The highest BCUT2D eigenvalue weighted by Crippen LogP contribution is 2.41. The number of benzene rings is 1. The molecule has 1 N–H and O–H groups in total. The molecule has 0 radical (unpaired) electrons. The SMILES string of the molecule is CCOc1ccc([C@H]2C(=C(O)c3ccc(C(C)C)cc3)C(=O)C(=O)N2c2ccc(C)nn2)cn1. The highest BCUT2D eigenvalue weighted by atomic mass is 16.5. The van der Waals surface area contributed by atoms with Crippen LogP contribution < -0.4 is 9.64 Å². The van der Waals surface area contributed by atoms with Crippen LogP contribution in [0.25, 0.3) is 5.76 Å². The van der Waals surface area contributed by atoms with Gasteiger partial charge in [-0.25, -0.2) is 4.98 Å². The first kappa shape index (κ1) is 23.1. The van der Waals surface area contributed by atoms with Crippen LogP contribution in [0.5, 0.6) is 5.88 Å². The van der Waals surface area contributed by atoms with E-state index in [2.05, 4.69) is 29.0 Å². The Morgan fingerprint density at radius 3 is 2.35 bits per heavy atom. The number of rotatable bonds is 6. The number of Topliss-reactive ketones (excluding diaryl/α,β-unsaturated/α-hetero) is 1. The van der Waals surface area contributed by atoms with E-state index in [9.17, 15) is 14.7 Å². The first-order valence-electron chi connectivity index (χ1n) is 11.1. The summed E-state index contributed by atoms with van der Waals surface area (Å²) in [5.74, 6) is -0.903. The van der Waals surface area contributed by atoms with Gasteiger partial charge in [0.1, 0.15) is 5.76 Å². The van der Waals surface area contributed by atoms with Crippen LogP contribution in [0.1, 0.15) is 55.1 Å². The Bertz CT molecular complexity index is 1230. The molecule has 1 aromatic carbocycles. The maximum atomic E-state index is 13.2. The summed E-state index contributed by atoms with van der Waals surface area (Å²) in [4.78, 5) is 31.9. The third-order valence-corrected chi connectivity index (χ3v) is 5.69. The number of carbonyl (C=O) groups is 2. The molecule has 1 fully saturated rings. The molecule has 0 bridgehead atoms. The van der Waals surface area contributed by atoms with Crippen LogP contribution in [0.3, 0.4) is 0 Å². The number of ether oxygens (including phenoxy) is 1. The van der Waals surface area contributed by atoms with Crippen LogP contribution in [-0.2, 0) is 9.59 Å². The molecule has 2 aromatic heterocycles. The number of pyridine rings is 1. The number of hydrogen-bond acceptors (Lipinski definition) is 7. The number of nitrogens with zero attached hydrogens (tertiary/aromatic N) is 4. The second-order valence-corrected chi connectivity index (χ2v) is 8.34. The van der Waals surface area contributed by atoms with E-state index < -0.39 is 17.7 Å². The highest BCUT2D eigenvalue weighted by Gasteiger charge is 2.47. The molecule has 1 aliphatic heterocycles. The zero-order chi connectivity index (χ0) is 24.4. The van der Waals surface area contributed by atoms with Crippen molar-refractivity contribution in [2.75, 3.05) is 11.5 Å². The summed E-state index contributed by atoms with van der Waals surface area (Å²) in [6, 6.07) is 13.1. The van der Waals surface area contributed by atoms with Gasteiger partial charge in [-0.3, -0.25) is 14.5 Å². The van der Waals surface area contributed by atoms with Gasteiger partial charge in [0, 0.05) is 17.8 Å².